The van der Waals surface area contributed by atoms with Crippen molar-refractivity contribution in [2.45, 2.75) is 45.3 Å². The second kappa shape index (κ2) is 5.69. The van der Waals surface area contributed by atoms with Crippen LogP contribution >= 0.6 is 0 Å². The number of likely N-dealkylation sites (N-methyl/N-ethyl adjacent to an activating group) is 1. The predicted molar refractivity (Wildman–Crippen MR) is 57.5 cm³/mol. The van der Waals surface area contributed by atoms with E-state index in [2.05, 4.69) is 26.1 Å². The fourth-order valence-corrected chi connectivity index (χ4v) is 1.73. The molecule has 3 nitrogen and oxygen atoms in total. The molecule has 1 unspecified atom stereocenters. The molecule has 1 atom stereocenters. The van der Waals surface area contributed by atoms with E-state index in [9.17, 15) is 0 Å². The van der Waals surface area contributed by atoms with Gasteiger partial charge < -0.3 is 14.8 Å². The molecule has 0 aliphatic carbocycles. The fourth-order valence-electron chi connectivity index (χ4n) is 1.73. The summed E-state index contributed by atoms with van der Waals surface area (Å²) in [5, 5.41) is 3.22. The van der Waals surface area contributed by atoms with Crippen molar-refractivity contribution in [2.24, 2.45) is 0 Å². The van der Waals surface area contributed by atoms with Crippen LogP contribution < -0.4 is 5.32 Å². The molecule has 1 heterocycles. The molecule has 1 N–H and O–H groups in total. The van der Waals surface area contributed by atoms with Crippen molar-refractivity contribution < 1.29 is 9.47 Å². The maximum absolute atomic E-state index is 5.81. The van der Waals surface area contributed by atoms with Crippen molar-refractivity contribution in [1.29, 1.82) is 0 Å². The molecule has 1 fully saturated rings. The molecule has 0 saturated carbocycles. The van der Waals surface area contributed by atoms with Crippen LogP contribution in [0.25, 0.3) is 0 Å². The molecule has 0 radical (unpaired) electrons. The first kappa shape index (κ1) is 12.0. The van der Waals surface area contributed by atoms with E-state index in [0.717, 1.165) is 39.1 Å². The van der Waals surface area contributed by atoms with Crippen LogP contribution in [0.1, 0.15) is 33.6 Å². The summed E-state index contributed by atoms with van der Waals surface area (Å²) in [7, 11) is 0. The van der Waals surface area contributed by atoms with Gasteiger partial charge in [0.2, 0.25) is 0 Å². The molecule has 14 heavy (non-hydrogen) atoms. The molecule has 3 heteroatoms. The normalized spacial score (nSPS) is 25.5. The Morgan fingerprint density at radius 3 is 2.86 bits per heavy atom. The van der Waals surface area contributed by atoms with Gasteiger partial charge in [0.15, 0.2) is 0 Å². The monoisotopic (exact) mass is 201 g/mol. The summed E-state index contributed by atoms with van der Waals surface area (Å²) in [5.41, 5.74) is 0.0652. The summed E-state index contributed by atoms with van der Waals surface area (Å²) in [4.78, 5) is 0. The number of nitrogens with one attached hydrogen (secondary N) is 1. The minimum atomic E-state index is 0.0652. The largest absolute Gasteiger partial charge is 0.377 e. The maximum Gasteiger partial charge on any atom is 0.0816 e. The SMILES string of the molecule is CCNCCOCC1CCC(C)(C)O1. The van der Waals surface area contributed by atoms with Gasteiger partial charge in [-0.15, -0.1) is 0 Å². The lowest BCUT2D eigenvalue weighted by Crippen LogP contribution is -2.25. The average Bonchev–Trinajstić information content (AvgIpc) is 2.45. The molecular formula is C11H23NO2. The molecule has 1 saturated heterocycles. The van der Waals surface area contributed by atoms with Gasteiger partial charge >= 0.3 is 0 Å². The number of hydrogen-bond donors (Lipinski definition) is 1. The molecule has 0 aromatic heterocycles. The molecule has 0 bridgehead atoms. The number of rotatable bonds is 6. The van der Waals surface area contributed by atoms with Crippen LogP contribution in [0.3, 0.4) is 0 Å². The molecule has 84 valence electrons. The van der Waals surface area contributed by atoms with Gasteiger partial charge in [-0.3, -0.25) is 0 Å². The fraction of sp³-hybridized carbons (Fsp3) is 1.00. The van der Waals surface area contributed by atoms with E-state index in [4.69, 9.17) is 9.47 Å². The first-order valence-corrected chi connectivity index (χ1v) is 5.60. The highest BCUT2D eigenvalue weighted by molar-refractivity contribution is 4.80. The van der Waals surface area contributed by atoms with Gasteiger partial charge in [0.1, 0.15) is 0 Å². The highest BCUT2D eigenvalue weighted by Crippen LogP contribution is 2.29. The summed E-state index contributed by atoms with van der Waals surface area (Å²) in [6.45, 7) is 9.87. The maximum atomic E-state index is 5.81. The summed E-state index contributed by atoms with van der Waals surface area (Å²) >= 11 is 0. The Morgan fingerprint density at radius 1 is 1.50 bits per heavy atom. The van der Waals surface area contributed by atoms with Crippen molar-refractivity contribution in [3.63, 3.8) is 0 Å². The summed E-state index contributed by atoms with van der Waals surface area (Å²) in [6.07, 6.45) is 2.59. The Balaban J connectivity index is 1.98. The molecule has 0 aromatic rings. The number of ether oxygens (including phenoxy) is 2. The van der Waals surface area contributed by atoms with Crippen molar-refractivity contribution in [3.05, 3.63) is 0 Å². The zero-order chi connectivity index (χ0) is 10.4. The lowest BCUT2D eigenvalue weighted by Gasteiger charge is -2.19. The van der Waals surface area contributed by atoms with Crippen LogP contribution in [0.4, 0.5) is 0 Å². The second-order valence-corrected chi connectivity index (χ2v) is 4.47. The second-order valence-electron chi connectivity index (χ2n) is 4.47. The Morgan fingerprint density at radius 2 is 2.29 bits per heavy atom. The molecule has 1 aliphatic heterocycles. The van der Waals surface area contributed by atoms with Crippen molar-refractivity contribution in [3.8, 4) is 0 Å². The quantitative estimate of drug-likeness (QED) is 0.662. The van der Waals surface area contributed by atoms with Gasteiger partial charge in [0.25, 0.3) is 0 Å². The zero-order valence-corrected chi connectivity index (χ0v) is 9.64. The molecule has 0 amide bonds. The number of hydrogen-bond acceptors (Lipinski definition) is 3. The van der Waals surface area contributed by atoms with Gasteiger partial charge in [-0.25, -0.2) is 0 Å². The molecule has 0 spiro atoms. The molecule has 0 aromatic carbocycles. The Hall–Kier alpha value is -0.120. The lowest BCUT2D eigenvalue weighted by atomic mass is 10.1. The molecular weight excluding hydrogens is 178 g/mol. The topological polar surface area (TPSA) is 30.5 Å². The van der Waals surface area contributed by atoms with Crippen LogP contribution in [-0.2, 0) is 9.47 Å². The predicted octanol–water partition coefficient (Wildman–Crippen LogP) is 1.57. The first-order valence-electron chi connectivity index (χ1n) is 5.60. The highest BCUT2D eigenvalue weighted by atomic mass is 16.5. The van der Waals surface area contributed by atoms with Gasteiger partial charge in [0, 0.05) is 6.54 Å². The van der Waals surface area contributed by atoms with E-state index < -0.39 is 0 Å². The van der Waals surface area contributed by atoms with E-state index in [1.165, 1.54) is 0 Å². The van der Waals surface area contributed by atoms with Gasteiger partial charge in [0.05, 0.1) is 24.9 Å². The van der Waals surface area contributed by atoms with Crippen LogP contribution in [0, 0.1) is 0 Å². The van der Waals surface area contributed by atoms with E-state index in [1.54, 1.807) is 0 Å². The standard InChI is InChI=1S/C11H23NO2/c1-4-12-7-8-13-9-10-5-6-11(2,3)14-10/h10,12H,4-9H2,1-3H3. The minimum absolute atomic E-state index is 0.0652. The van der Waals surface area contributed by atoms with Crippen LogP contribution in [0.5, 0.6) is 0 Å². The van der Waals surface area contributed by atoms with E-state index >= 15 is 0 Å². The zero-order valence-electron chi connectivity index (χ0n) is 9.64. The van der Waals surface area contributed by atoms with Crippen LogP contribution in [0.2, 0.25) is 0 Å². The highest BCUT2D eigenvalue weighted by Gasteiger charge is 2.31. The minimum Gasteiger partial charge on any atom is -0.377 e. The van der Waals surface area contributed by atoms with E-state index in [0.29, 0.717) is 6.10 Å². The third kappa shape index (κ3) is 4.40. The Labute approximate surface area is 87.2 Å². The first-order chi connectivity index (χ1) is 6.64. The average molecular weight is 201 g/mol. The Bertz CT molecular complexity index is 159. The van der Waals surface area contributed by atoms with Gasteiger partial charge in [-0.05, 0) is 33.2 Å². The third-order valence-corrected chi connectivity index (χ3v) is 2.53. The van der Waals surface area contributed by atoms with Crippen molar-refractivity contribution in [2.75, 3.05) is 26.3 Å². The van der Waals surface area contributed by atoms with Gasteiger partial charge in [-0.1, -0.05) is 6.92 Å². The van der Waals surface area contributed by atoms with Crippen LogP contribution in [0.15, 0.2) is 0 Å². The van der Waals surface area contributed by atoms with E-state index in [-0.39, 0.29) is 5.60 Å². The molecule has 1 aliphatic rings. The molecule has 1 rings (SSSR count). The van der Waals surface area contributed by atoms with Crippen LogP contribution in [-0.4, -0.2) is 38.0 Å². The third-order valence-electron chi connectivity index (χ3n) is 2.53. The van der Waals surface area contributed by atoms with Gasteiger partial charge in [-0.2, -0.15) is 0 Å². The van der Waals surface area contributed by atoms with Crippen molar-refractivity contribution >= 4 is 0 Å². The van der Waals surface area contributed by atoms with Crippen molar-refractivity contribution in [1.82, 2.24) is 5.32 Å². The summed E-state index contributed by atoms with van der Waals surface area (Å²) < 4.78 is 11.3. The lowest BCUT2D eigenvalue weighted by molar-refractivity contribution is -0.0526. The summed E-state index contributed by atoms with van der Waals surface area (Å²) in [6, 6.07) is 0. The smallest absolute Gasteiger partial charge is 0.0816 e. The van der Waals surface area contributed by atoms with E-state index in [1.807, 2.05) is 0 Å². The summed E-state index contributed by atoms with van der Waals surface area (Å²) in [5.74, 6) is 0. The Kier molecular flexibility index (Phi) is 4.85.